The Kier molecular flexibility index (Phi) is 4.75. The van der Waals surface area contributed by atoms with E-state index < -0.39 is 0 Å². The molecule has 0 aliphatic rings. The lowest BCUT2D eigenvalue weighted by Crippen LogP contribution is -1.91. The molecule has 0 amide bonds. The zero-order valence-electron chi connectivity index (χ0n) is 23.7. The predicted molar refractivity (Wildman–Crippen MR) is 184 cm³/mol. The van der Waals surface area contributed by atoms with Gasteiger partial charge in [0.1, 0.15) is 22.3 Å². The molecule has 10 rings (SSSR count). The number of para-hydroxylation sites is 2. The second-order valence-corrected chi connectivity index (χ2v) is 11.6. The van der Waals surface area contributed by atoms with E-state index in [0.717, 1.165) is 44.1 Å². The third-order valence-corrected chi connectivity index (χ3v) is 9.25. The van der Waals surface area contributed by atoms with Crippen molar-refractivity contribution in [3.05, 3.63) is 146 Å². The molecule has 0 aliphatic heterocycles. The van der Waals surface area contributed by atoms with Crippen molar-refractivity contribution in [1.82, 2.24) is 0 Å². The highest BCUT2D eigenvalue weighted by Crippen LogP contribution is 2.47. The van der Waals surface area contributed by atoms with Crippen LogP contribution in [-0.2, 0) is 0 Å². The summed E-state index contributed by atoms with van der Waals surface area (Å²) in [6.45, 7) is 0. The SMILES string of the molecule is c1ccc2c(c1)ccc1oc3c(-c4c5ccccc5c(-c5ccc6oc7ccccc7c6c5)c5ccccc45)cccc3c12. The molecule has 0 radical (unpaired) electrons. The maximum absolute atomic E-state index is 6.73. The number of benzene rings is 8. The largest absolute Gasteiger partial charge is 0.456 e. The zero-order valence-corrected chi connectivity index (χ0v) is 23.7. The molecule has 0 bridgehead atoms. The van der Waals surface area contributed by atoms with Crippen LogP contribution in [0.15, 0.2) is 154 Å². The summed E-state index contributed by atoms with van der Waals surface area (Å²) in [5.74, 6) is 0. The van der Waals surface area contributed by atoms with Crippen LogP contribution in [0.3, 0.4) is 0 Å². The number of furan rings is 2. The van der Waals surface area contributed by atoms with Crippen molar-refractivity contribution >= 4 is 76.2 Å². The Bertz CT molecular complexity index is 2720. The van der Waals surface area contributed by atoms with Crippen LogP contribution >= 0.6 is 0 Å². The van der Waals surface area contributed by atoms with Gasteiger partial charge in [-0.2, -0.15) is 0 Å². The van der Waals surface area contributed by atoms with E-state index in [1.807, 2.05) is 12.1 Å². The molecule has 2 aromatic heterocycles. The van der Waals surface area contributed by atoms with E-state index in [1.165, 1.54) is 54.4 Å². The van der Waals surface area contributed by atoms with E-state index in [4.69, 9.17) is 8.83 Å². The van der Waals surface area contributed by atoms with Crippen molar-refractivity contribution in [3.8, 4) is 22.3 Å². The van der Waals surface area contributed by atoms with E-state index in [9.17, 15) is 0 Å². The molecule has 0 atom stereocenters. The van der Waals surface area contributed by atoms with Crippen LogP contribution in [0.5, 0.6) is 0 Å². The maximum Gasteiger partial charge on any atom is 0.143 e. The van der Waals surface area contributed by atoms with Crippen LogP contribution in [0, 0.1) is 0 Å². The van der Waals surface area contributed by atoms with Crippen LogP contribution in [0.1, 0.15) is 0 Å². The fourth-order valence-corrected chi connectivity index (χ4v) is 7.38. The van der Waals surface area contributed by atoms with Crippen molar-refractivity contribution < 1.29 is 8.83 Å². The molecule has 0 unspecified atom stereocenters. The normalized spacial score (nSPS) is 12.1. The van der Waals surface area contributed by atoms with Gasteiger partial charge in [0, 0.05) is 32.7 Å². The average molecular weight is 561 g/mol. The van der Waals surface area contributed by atoms with E-state index in [0.29, 0.717) is 0 Å². The monoisotopic (exact) mass is 560 g/mol. The molecule has 0 N–H and O–H groups in total. The molecule has 10 aromatic rings. The van der Waals surface area contributed by atoms with Gasteiger partial charge in [0.25, 0.3) is 0 Å². The van der Waals surface area contributed by atoms with Crippen LogP contribution in [0.25, 0.3) is 98.4 Å². The highest BCUT2D eigenvalue weighted by atomic mass is 16.3. The topological polar surface area (TPSA) is 26.3 Å². The molecular weight excluding hydrogens is 536 g/mol. The standard InChI is InChI=1S/C42H24O2/c1-2-11-27-25(10-1)20-23-38-41(27)34-18-9-17-33(42(34)44-38)40-31-15-5-3-13-29(31)39(30-14-4-6-16-32(30)40)26-21-22-37-35(24-26)28-12-7-8-19-36(28)43-37/h1-24H. The lowest BCUT2D eigenvalue weighted by atomic mass is 9.85. The van der Waals surface area contributed by atoms with Gasteiger partial charge < -0.3 is 8.83 Å². The fourth-order valence-electron chi connectivity index (χ4n) is 7.38. The smallest absolute Gasteiger partial charge is 0.143 e. The molecular formula is C42H24O2. The number of hydrogen-bond donors (Lipinski definition) is 0. The van der Waals surface area contributed by atoms with E-state index in [-0.39, 0.29) is 0 Å². The summed E-state index contributed by atoms with van der Waals surface area (Å²) in [6, 6.07) is 51.9. The number of rotatable bonds is 2. The average Bonchev–Trinajstić information content (AvgIpc) is 3.66. The van der Waals surface area contributed by atoms with Gasteiger partial charge in [-0.3, -0.25) is 0 Å². The first-order valence-corrected chi connectivity index (χ1v) is 15.0. The Labute approximate surface area is 252 Å². The molecule has 2 heteroatoms. The Morgan fingerprint density at radius 3 is 1.70 bits per heavy atom. The Morgan fingerprint density at radius 2 is 0.932 bits per heavy atom. The van der Waals surface area contributed by atoms with Gasteiger partial charge in [0.2, 0.25) is 0 Å². The van der Waals surface area contributed by atoms with Crippen LogP contribution in [0.2, 0.25) is 0 Å². The lowest BCUT2D eigenvalue weighted by molar-refractivity contribution is 0.669. The predicted octanol–water partition coefficient (Wildman–Crippen LogP) is 12.3. The van der Waals surface area contributed by atoms with Crippen LogP contribution < -0.4 is 0 Å². The molecule has 0 saturated heterocycles. The highest BCUT2D eigenvalue weighted by Gasteiger charge is 2.21. The quantitative estimate of drug-likeness (QED) is 0.197. The Balaban J connectivity index is 1.32. The maximum atomic E-state index is 6.73. The lowest BCUT2D eigenvalue weighted by Gasteiger charge is -2.18. The summed E-state index contributed by atoms with van der Waals surface area (Å²) in [7, 11) is 0. The van der Waals surface area contributed by atoms with Gasteiger partial charge >= 0.3 is 0 Å². The third kappa shape index (κ3) is 3.20. The van der Waals surface area contributed by atoms with Crippen molar-refractivity contribution in [2.45, 2.75) is 0 Å². The van der Waals surface area contributed by atoms with Crippen molar-refractivity contribution in [3.63, 3.8) is 0 Å². The number of fused-ring (bicyclic) bond motifs is 10. The van der Waals surface area contributed by atoms with Gasteiger partial charge in [-0.1, -0.05) is 121 Å². The van der Waals surface area contributed by atoms with Gasteiger partial charge in [0.05, 0.1) is 0 Å². The summed E-state index contributed by atoms with van der Waals surface area (Å²) in [6.07, 6.45) is 0. The van der Waals surface area contributed by atoms with E-state index in [2.05, 4.69) is 133 Å². The molecule has 0 aliphatic carbocycles. The first kappa shape index (κ1) is 23.7. The third-order valence-electron chi connectivity index (χ3n) is 9.25. The molecule has 0 fully saturated rings. The summed E-state index contributed by atoms with van der Waals surface area (Å²) >= 11 is 0. The summed E-state index contributed by atoms with van der Waals surface area (Å²) in [5, 5.41) is 11.9. The Hall–Kier alpha value is -5.86. The molecule has 204 valence electrons. The minimum atomic E-state index is 0.907. The van der Waals surface area contributed by atoms with Crippen molar-refractivity contribution in [2.24, 2.45) is 0 Å². The summed E-state index contributed by atoms with van der Waals surface area (Å²) < 4.78 is 12.9. The first-order valence-electron chi connectivity index (χ1n) is 15.0. The van der Waals surface area contributed by atoms with Crippen LogP contribution in [-0.4, -0.2) is 0 Å². The molecule has 0 spiro atoms. The molecule has 8 aromatic carbocycles. The fraction of sp³-hybridized carbons (Fsp3) is 0. The zero-order chi connectivity index (χ0) is 28.8. The van der Waals surface area contributed by atoms with Gasteiger partial charge in [0.15, 0.2) is 0 Å². The Morgan fingerprint density at radius 1 is 0.341 bits per heavy atom. The minimum Gasteiger partial charge on any atom is -0.456 e. The second-order valence-electron chi connectivity index (χ2n) is 11.6. The highest BCUT2D eigenvalue weighted by molar-refractivity contribution is 6.26. The van der Waals surface area contributed by atoms with Gasteiger partial charge in [-0.15, -0.1) is 0 Å². The molecule has 2 nitrogen and oxygen atoms in total. The minimum absolute atomic E-state index is 0.907. The van der Waals surface area contributed by atoms with Crippen LogP contribution in [0.4, 0.5) is 0 Å². The summed E-state index contributed by atoms with van der Waals surface area (Å²) in [5.41, 5.74) is 8.37. The molecule has 0 saturated carbocycles. The van der Waals surface area contributed by atoms with Crippen molar-refractivity contribution in [1.29, 1.82) is 0 Å². The van der Waals surface area contributed by atoms with E-state index >= 15 is 0 Å². The molecule has 44 heavy (non-hydrogen) atoms. The van der Waals surface area contributed by atoms with Crippen molar-refractivity contribution in [2.75, 3.05) is 0 Å². The molecule has 2 heterocycles. The second kappa shape index (κ2) is 8.82. The first-order chi connectivity index (χ1) is 21.8. The number of hydrogen-bond acceptors (Lipinski definition) is 2. The van der Waals surface area contributed by atoms with Gasteiger partial charge in [-0.05, 0) is 67.7 Å². The van der Waals surface area contributed by atoms with Gasteiger partial charge in [-0.25, -0.2) is 0 Å². The van der Waals surface area contributed by atoms with E-state index in [1.54, 1.807) is 0 Å². The summed E-state index contributed by atoms with van der Waals surface area (Å²) in [4.78, 5) is 0.